The van der Waals surface area contributed by atoms with Gasteiger partial charge in [0, 0.05) is 12.0 Å². The monoisotopic (exact) mass is 340 g/mol. The Bertz CT molecular complexity index is 672. The molecular formula is C19H24N4O2. The zero-order valence-corrected chi connectivity index (χ0v) is 14.2. The molecule has 0 aliphatic heterocycles. The average molecular weight is 340 g/mol. The molecule has 132 valence electrons. The van der Waals surface area contributed by atoms with Gasteiger partial charge >= 0.3 is 0 Å². The molecule has 0 spiro atoms. The largest absolute Gasteiger partial charge is 0.330 e. The number of amides is 2. The maximum Gasteiger partial charge on any atom is 0.256 e. The van der Waals surface area contributed by atoms with Gasteiger partial charge < -0.3 is 16.4 Å². The van der Waals surface area contributed by atoms with Gasteiger partial charge in [-0.1, -0.05) is 31.0 Å². The Hall–Kier alpha value is -2.73. The van der Waals surface area contributed by atoms with Crippen molar-refractivity contribution >= 4 is 23.3 Å². The first kappa shape index (κ1) is 18.6. The quantitative estimate of drug-likeness (QED) is 0.611. The van der Waals surface area contributed by atoms with Crippen molar-refractivity contribution in [3.63, 3.8) is 0 Å². The fourth-order valence-electron chi connectivity index (χ4n) is 2.33. The van der Waals surface area contributed by atoms with Gasteiger partial charge in [-0.15, -0.1) is 0 Å². The number of rotatable bonds is 9. The number of carbonyl (C=O) groups excluding carboxylic acids is 2. The standard InChI is InChI=1S/C19H24N4O2/c20-13-7-2-1-6-10-18(24)22-16-11-12-17(21-14-16)23-19(25)15-8-4-3-5-9-15/h3-5,8-9,11-12,14H,1-2,6-7,10,13,20H2,(H,22,24)(H,21,23,25). The molecule has 0 atom stereocenters. The summed E-state index contributed by atoms with van der Waals surface area (Å²) in [5.41, 5.74) is 6.62. The molecule has 0 bridgehead atoms. The molecule has 0 saturated carbocycles. The summed E-state index contributed by atoms with van der Waals surface area (Å²) in [6, 6.07) is 12.3. The van der Waals surface area contributed by atoms with E-state index in [0.29, 0.717) is 30.0 Å². The van der Waals surface area contributed by atoms with Crippen LogP contribution in [0.15, 0.2) is 48.7 Å². The van der Waals surface area contributed by atoms with Crippen molar-refractivity contribution in [2.45, 2.75) is 32.1 Å². The molecule has 1 aromatic carbocycles. The summed E-state index contributed by atoms with van der Waals surface area (Å²) in [4.78, 5) is 28.1. The normalized spacial score (nSPS) is 10.3. The number of hydrogen-bond donors (Lipinski definition) is 3. The number of nitrogens with zero attached hydrogens (tertiary/aromatic N) is 1. The summed E-state index contributed by atoms with van der Waals surface area (Å²) in [7, 11) is 0. The summed E-state index contributed by atoms with van der Waals surface area (Å²) in [6.45, 7) is 0.699. The third kappa shape index (κ3) is 6.73. The first-order chi connectivity index (χ1) is 12.2. The number of hydrogen-bond acceptors (Lipinski definition) is 4. The van der Waals surface area contributed by atoms with Crippen LogP contribution in [0.3, 0.4) is 0 Å². The van der Waals surface area contributed by atoms with Crippen molar-refractivity contribution in [3.05, 3.63) is 54.2 Å². The van der Waals surface area contributed by atoms with E-state index in [0.717, 1.165) is 25.7 Å². The predicted octanol–water partition coefficient (Wildman–Crippen LogP) is 3.18. The van der Waals surface area contributed by atoms with E-state index in [2.05, 4.69) is 15.6 Å². The molecule has 2 amide bonds. The number of nitrogens with two attached hydrogens (primary N) is 1. The smallest absolute Gasteiger partial charge is 0.256 e. The number of anilines is 2. The minimum absolute atomic E-state index is 0.0318. The first-order valence-electron chi connectivity index (χ1n) is 8.51. The van der Waals surface area contributed by atoms with Gasteiger partial charge in [0.05, 0.1) is 11.9 Å². The third-order valence-electron chi connectivity index (χ3n) is 3.68. The van der Waals surface area contributed by atoms with Crippen LogP contribution in [0.2, 0.25) is 0 Å². The number of nitrogens with one attached hydrogen (secondary N) is 2. The summed E-state index contributed by atoms with van der Waals surface area (Å²) in [6.07, 6.45) is 5.94. The molecule has 2 aromatic rings. The van der Waals surface area contributed by atoms with Crippen molar-refractivity contribution in [2.24, 2.45) is 5.73 Å². The van der Waals surface area contributed by atoms with Crippen LogP contribution >= 0.6 is 0 Å². The van der Waals surface area contributed by atoms with Crippen molar-refractivity contribution in [2.75, 3.05) is 17.2 Å². The highest BCUT2D eigenvalue weighted by Gasteiger charge is 2.07. The lowest BCUT2D eigenvalue weighted by molar-refractivity contribution is -0.116. The Morgan fingerprint density at radius 1 is 0.920 bits per heavy atom. The third-order valence-corrected chi connectivity index (χ3v) is 3.68. The van der Waals surface area contributed by atoms with Crippen molar-refractivity contribution in [3.8, 4) is 0 Å². The fraction of sp³-hybridized carbons (Fsp3) is 0.316. The van der Waals surface area contributed by atoms with Gasteiger partial charge in [-0.2, -0.15) is 0 Å². The number of benzene rings is 1. The van der Waals surface area contributed by atoms with Crippen LogP contribution in [0, 0.1) is 0 Å². The van der Waals surface area contributed by atoms with Crippen LogP contribution in [-0.2, 0) is 4.79 Å². The first-order valence-corrected chi connectivity index (χ1v) is 8.51. The predicted molar refractivity (Wildman–Crippen MR) is 99.4 cm³/mol. The van der Waals surface area contributed by atoms with Crippen LogP contribution in [0.1, 0.15) is 42.5 Å². The van der Waals surface area contributed by atoms with Gasteiger partial charge in [-0.25, -0.2) is 4.98 Å². The molecule has 0 saturated heterocycles. The maximum atomic E-state index is 12.0. The molecule has 1 aromatic heterocycles. The molecule has 1 heterocycles. The van der Waals surface area contributed by atoms with Crippen LogP contribution in [-0.4, -0.2) is 23.3 Å². The van der Waals surface area contributed by atoms with Gasteiger partial charge in [-0.3, -0.25) is 9.59 Å². The summed E-state index contributed by atoms with van der Waals surface area (Å²) in [5, 5.41) is 5.53. The molecule has 0 fully saturated rings. The van der Waals surface area contributed by atoms with E-state index in [1.54, 1.807) is 36.4 Å². The lowest BCUT2D eigenvalue weighted by Gasteiger charge is -2.07. The molecule has 0 aliphatic carbocycles. The Morgan fingerprint density at radius 2 is 1.68 bits per heavy atom. The summed E-state index contributed by atoms with van der Waals surface area (Å²) >= 11 is 0. The minimum Gasteiger partial charge on any atom is -0.330 e. The average Bonchev–Trinajstić information content (AvgIpc) is 2.64. The van der Waals surface area contributed by atoms with Crippen LogP contribution < -0.4 is 16.4 Å². The van der Waals surface area contributed by atoms with Crippen LogP contribution in [0.25, 0.3) is 0 Å². The van der Waals surface area contributed by atoms with E-state index in [1.807, 2.05) is 6.07 Å². The van der Waals surface area contributed by atoms with Gasteiger partial charge in [0.2, 0.25) is 5.91 Å². The number of aromatic nitrogens is 1. The molecule has 0 unspecified atom stereocenters. The van der Waals surface area contributed by atoms with Crippen molar-refractivity contribution < 1.29 is 9.59 Å². The molecule has 6 nitrogen and oxygen atoms in total. The Kier molecular flexibility index (Phi) is 7.59. The fourth-order valence-corrected chi connectivity index (χ4v) is 2.33. The molecule has 0 radical (unpaired) electrons. The number of carbonyl (C=O) groups is 2. The summed E-state index contributed by atoms with van der Waals surface area (Å²) < 4.78 is 0. The van der Waals surface area contributed by atoms with E-state index in [9.17, 15) is 9.59 Å². The van der Waals surface area contributed by atoms with E-state index in [-0.39, 0.29) is 11.8 Å². The van der Waals surface area contributed by atoms with E-state index >= 15 is 0 Å². The Balaban J connectivity index is 1.77. The zero-order valence-electron chi connectivity index (χ0n) is 14.2. The summed E-state index contributed by atoms with van der Waals surface area (Å²) in [5.74, 6) is 0.187. The van der Waals surface area contributed by atoms with E-state index in [4.69, 9.17) is 5.73 Å². The number of unbranched alkanes of at least 4 members (excludes halogenated alkanes) is 3. The zero-order chi connectivity index (χ0) is 17.9. The van der Waals surface area contributed by atoms with Gasteiger partial charge in [0.25, 0.3) is 5.91 Å². The highest BCUT2D eigenvalue weighted by Crippen LogP contribution is 2.12. The topological polar surface area (TPSA) is 97.1 Å². The Morgan fingerprint density at radius 3 is 2.36 bits per heavy atom. The van der Waals surface area contributed by atoms with Crippen LogP contribution in [0.5, 0.6) is 0 Å². The Labute approximate surface area is 147 Å². The second-order valence-electron chi connectivity index (χ2n) is 5.75. The molecule has 6 heteroatoms. The lowest BCUT2D eigenvalue weighted by Crippen LogP contribution is -2.14. The highest BCUT2D eigenvalue weighted by atomic mass is 16.2. The van der Waals surface area contributed by atoms with Crippen LogP contribution in [0.4, 0.5) is 11.5 Å². The van der Waals surface area contributed by atoms with E-state index < -0.39 is 0 Å². The SMILES string of the molecule is NCCCCCCC(=O)Nc1ccc(NC(=O)c2ccccc2)nc1. The second kappa shape index (κ2) is 10.2. The lowest BCUT2D eigenvalue weighted by atomic mass is 10.1. The minimum atomic E-state index is -0.220. The molecule has 25 heavy (non-hydrogen) atoms. The second-order valence-corrected chi connectivity index (χ2v) is 5.75. The van der Waals surface area contributed by atoms with Crippen molar-refractivity contribution in [1.82, 2.24) is 4.98 Å². The van der Waals surface area contributed by atoms with Crippen molar-refractivity contribution in [1.29, 1.82) is 0 Å². The van der Waals surface area contributed by atoms with Gasteiger partial charge in [0.15, 0.2) is 0 Å². The molecule has 0 aliphatic rings. The van der Waals surface area contributed by atoms with Gasteiger partial charge in [-0.05, 0) is 43.7 Å². The molecule has 4 N–H and O–H groups in total. The number of pyridine rings is 1. The van der Waals surface area contributed by atoms with Gasteiger partial charge in [0.1, 0.15) is 5.82 Å². The molecular weight excluding hydrogens is 316 g/mol. The van der Waals surface area contributed by atoms with E-state index in [1.165, 1.54) is 6.20 Å². The maximum absolute atomic E-state index is 12.0. The molecule has 2 rings (SSSR count). The highest BCUT2D eigenvalue weighted by molar-refractivity contribution is 6.03.